The Hall–Kier alpha value is -1.76. The zero-order valence-electron chi connectivity index (χ0n) is 11.8. The summed E-state index contributed by atoms with van der Waals surface area (Å²) in [5, 5.41) is 0. The second-order valence-electron chi connectivity index (χ2n) is 4.65. The average Bonchev–Trinajstić information content (AvgIpc) is 2.48. The standard InChI is InChI=1S/C13H19FN4O2/c1-3-10-12(14)13(16-9-15-10)18-6-4-17(5-7-18)8-11(19)20-2/h9H,3-8H2,1-2H3. The van der Waals surface area contributed by atoms with E-state index in [1.807, 2.05) is 16.7 Å². The van der Waals surface area contributed by atoms with Crippen molar-refractivity contribution in [1.82, 2.24) is 14.9 Å². The van der Waals surface area contributed by atoms with E-state index in [1.54, 1.807) is 0 Å². The number of nitrogens with zero attached hydrogens (tertiary/aromatic N) is 4. The lowest BCUT2D eigenvalue weighted by Crippen LogP contribution is -2.48. The van der Waals surface area contributed by atoms with Gasteiger partial charge >= 0.3 is 5.97 Å². The number of anilines is 1. The van der Waals surface area contributed by atoms with Crippen LogP contribution >= 0.6 is 0 Å². The largest absolute Gasteiger partial charge is 0.468 e. The Kier molecular flexibility index (Phi) is 4.84. The number of aromatic nitrogens is 2. The maximum atomic E-state index is 14.2. The van der Waals surface area contributed by atoms with Crippen LogP contribution in [0.5, 0.6) is 0 Å². The van der Waals surface area contributed by atoms with E-state index >= 15 is 0 Å². The molecule has 110 valence electrons. The molecule has 1 saturated heterocycles. The van der Waals surface area contributed by atoms with Crippen molar-refractivity contribution in [3.8, 4) is 0 Å². The molecule has 0 atom stereocenters. The minimum absolute atomic E-state index is 0.250. The number of ether oxygens (including phenoxy) is 1. The summed E-state index contributed by atoms with van der Waals surface area (Å²) in [4.78, 5) is 23.1. The third-order valence-electron chi connectivity index (χ3n) is 3.43. The highest BCUT2D eigenvalue weighted by Gasteiger charge is 2.23. The monoisotopic (exact) mass is 282 g/mol. The molecule has 20 heavy (non-hydrogen) atoms. The number of aryl methyl sites for hydroxylation is 1. The van der Waals surface area contributed by atoms with Gasteiger partial charge in [0.05, 0.1) is 19.3 Å². The van der Waals surface area contributed by atoms with Crippen LogP contribution in [0.4, 0.5) is 10.2 Å². The minimum atomic E-state index is -0.337. The first-order valence-electron chi connectivity index (χ1n) is 6.69. The molecule has 0 spiro atoms. The smallest absolute Gasteiger partial charge is 0.319 e. The molecule has 7 heteroatoms. The van der Waals surface area contributed by atoms with Gasteiger partial charge in [-0.05, 0) is 6.42 Å². The van der Waals surface area contributed by atoms with Gasteiger partial charge < -0.3 is 9.64 Å². The first-order chi connectivity index (χ1) is 9.65. The van der Waals surface area contributed by atoms with E-state index in [0.717, 1.165) is 0 Å². The van der Waals surface area contributed by atoms with Gasteiger partial charge in [-0.1, -0.05) is 6.92 Å². The lowest BCUT2D eigenvalue weighted by Gasteiger charge is -2.34. The van der Waals surface area contributed by atoms with Gasteiger partial charge in [0.25, 0.3) is 0 Å². The molecule has 0 aromatic carbocycles. The van der Waals surface area contributed by atoms with Gasteiger partial charge in [-0.25, -0.2) is 14.4 Å². The Morgan fingerprint density at radius 2 is 2.05 bits per heavy atom. The van der Waals surface area contributed by atoms with E-state index < -0.39 is 0 Å². The first-order valence-corrected chi connectivity index (χ1v) is 6.69. The molecule has 0 radical (unpaired) electrons. The number of hydrogen-bond acceptors (Lipinski definition) is 6. The minimum Gasteiger partial charge on any atom is -0.468 e. The predicted molar refractivity (Wildman–Crippen MR) is 72.0 cm³/mol. The van der Waals surface area contributed by atoms with Crippen molar-refractivity contribution >= 4 is 11.8 Å². The highest BCUT2D eigenvalue weighted by molar-refractivity contribution is 5.71. The average molecular weight is 282 g/mol. The van der Waals surface area contributed by atoms with E-state index in [9.17, 15) is 9.18 Å². The van der Waals surface area contributed by atoms with Gasteiger partial charge in [0.1, 0.15) is 6.33 Å². The number of esters is 1. The summed E-state index contributed by atoms with van der Waals surface area (Å²) < 4.78 is 18.8. The number of rotatable bonds is 4. The number of piperazine rings is 1. The molecule has 1 aliphatic rings. The van der Waals surface area contributed by atoms with Gasteiger partial charge in [-0.3, -0.25) is 9.69 Å². The second-order valence-corrected chi connectivity index (χ2v) is 4.65. The summed E-state index contributed by atoms with van der Waals surface area (Å²) in [5.74, 6) is -0.231. The van der Waals surface area contributed by atoms with Crippen LogP contribution in [0.2, 0.25) is 0 Å². The summed E-state index contributed by atoms with van der Waals surface area (Å²) in [6.45, 7) is 4.77. The SMILES string of the molecule is CCc1ncnc(N2CCN(CC(=O)OC)CC2)c1F. The van der Waals surface area contributed by atoms with Crippen LogP contribution in [-0.2, 0) is 16.0 Å². The van der Waals surface area contributed by atoms with Crippen LogP contribution in [0, 0.1) is 5.82 Å². The molecule has 0 N–H and O–H groups in total. The number of hydrogen-bond donors (Lipinski definition) is 0. The van der Waals surface area contributed by atoms with E-state index in [1.165, 1.54) is 13.4 Å². The second kappa shape index (κ2) is 6.60. The Morgan fingerprint density at radius 3 is 2.65 bits per heavy atom. The molecule has 2 heterocycles. The number of carbonyl (C=O) groups excluding carboxylic acids is 1. The zero-order chi connectivity index (χ0) is 14.5. The van der Waals surface area contributed by atoms with Crippen molar-refractivity contribution in [2.24, 2.45) is 0 Å². The van der Waals surface area contributed by atoms with E-state index in [0.29, 0.717) is 44.1 Å². The number of methoxy groups -OCH3 is 1. The van der Waals surface area contributed by atoms with Gasteiger partial charge in [0.2, 0.25) is 0 Å². The molecule has 1 aliphatic heterocycles. The molecule has 1 aromatic heterocycles. The van der Waals surface area contributed by atoms with Gasteiger partial charge in [-0.2, -0.15) is 0 Å². The fourth-order valence-electron chi connectivity index (χ4n) is 2.23. The predicted octanol–water partition coefficient (Wildman–Crippen LogP) is 0.473. The van der Waals surface area contributed by atoms with Crippen LogP contribution in [0.1, 0.15) is 12.6 Å². The molecule has 1 fully saturated rings. The van der Waals surface area contributed by atoms with Crippen LogP contribution in [-0.4, -0.2) is 60.7 Å². The zero-order valence-corrected chi connectivity index (χ0v) is 11.8. The highest BCUT2D eigenvalue weighted by Crippen LogP contribution is 2.19. The maximum absolute atomic E-state index is 14.2. The molecular weight excluding hydrogens is 263 g/mol. The topological polar surface area (TPSA) is 58.6 Å². The van der Waals surface area contributed by atoms with Crippen LogP contribution in [0.3, 0.4) is 0 Å². The van der Waals surface area contributed by atoms with Crippen molar-refractivity contribution in [2.45, 2.75) is 13.3 Å². The molecular formula is C13H19FN4O2. The van der Waals surface area contributed by atoms with E-state index in [2.05, 4.69) is 14.7 Å². The Balaban J connectivity index is 1.99. The third-order valence-corrected chi connectivity index (χ3v) is 3.43. The molecule has 1 aromatic rings. The van der Waals surface area contributed by atoms with Crippen molar-refractivity contribution in [2.75, 3.05) is 44.7 Å². The van der Waals surface area contributed by atoms with E-state index in [-0.39, 0.29) is 18.3 Å². The molecule has 0 unspecified atom stereocenters. The number of halogens is 1. The summed E-state index contributed by atoms with van der Waals surface area (Å²) >= 11 is 0. The fourth-order valence-corrected chi connectivity index (χ4v) is 2.23. The summed E-state index contributed by atoms with van der Waals surface area (Å²) in [6.07, 6.45) is 1.95. The van der Waals surface area contributed by atoms with Crippen molar-refractivity contribution in [1.29, 1.82) is 0 Å². The quantitative estimate of drug-likeness (QED) is 0.748. The van der Waals surface area contributed by atoms with Crippen molar-refractivity contribution < 1.29 is 13.9 Å². The molecule has 0 amide bonds. The maximum Gasteiger partial charge on any atom is 0.319 e. The number of carbonyl (C=O) groups is 1. The summed E-state index contributed by atoms with van der Waals surface area (Å²) in [6, 6.07) is 0. The molecule has 2 rings (SSSR count). The molecule has 0 bridgehead atoms. The Labute approximate surface area is 117 Å². The summed E-state index contributed by atoms with van der Waals surface area (Å²) in [5.41, 5.74) is 0.437. The normalized spacial score (nSPS) is 16.2. The lowest BCUT2D eigenvalue weighted by atomic mass is 10.2. The van der Waals surface area contributed by atoms with Crippen molar-refractivity contribution in [3.05, 3.63) is 17.8 Å². The Morgan fingerprint density at radius 1 is 1.35 bits per heavy atom. The van der Waals surface area contributed by atoms with E-state index in [4.69, 9.17) is 0 Å². The van der Waals surface area contributed by atoms with Gasteiger partial charge in [0.15, 0.2) is 11.6 Å². The van der Waals surface area contributed by atoms with Crippen molar-refractivity contribution in [3.63, 3.8) is 0 Å². The lowest BCUT2D eigenvalue weighted by molar-refractivity contribution is -0.142. The van der Waals surface area contributed by atoms with Gasteiger partial charge in [-0.15, -0.1) is 0 Å². The van der Waals surface area contributed by atoms with Crippen LogP contribution in [0.15, 0.2) is 6.33 Å². The molecule has 0 aliphatic carbocycles. The van der Waals surface area contributed by atoms with Crippen LogP contribution in [0.25, 0.3) is 0 Å². The molecule has 6 nitrogen and oxygen atoms in total. The third kappa shape index (κ3) is 3.22. The highest BCUT2D eigenvalue weighted by atomic mass is 19.1. The fraction of sp³-hybridized carbons (Fsp3) is 0.615. The summed E-state index contributed by atoms with van der Waals surface area (Å²) in [7, 11) is 1.38. The Bertz CT molecular complexity index is 475. The van der Waals surface area contributed by atoms with Crippen LogP contribution < -0.4 is 4.90 Å². The molecule has 0 saturated carbocycles. The first kappa shape index (κ1) is 14.6. The van der Waals surface area contributed by atoms with Gasteiger partial charge in [0, 0.05) is 26.2 Å².